The number of hydrogen-bond donors (Lipinski definition) is 1. The molecule has 3 atom stereocenters. The van der Waals surface area contributed by atoms with Gasteiger partial charge in [0.15, 0.2) is 0 Å². The van der Waals surface area contributed by atoms with Gasteiger partial charge in [0.25, 0.3) is 8.32 Å². The van der Waals surface area contributed by atoms with Crippen LogP contribution in [0, 0.1) is 5.92 Å². The normalized spacial score (nSPS) is 14.6. The van der Waals surface area contributed by atoms with Crippen LogP contribution in [0.25, 0.3) is 0 Å². The first kappa shape index (κ1) is 33.0. The van der Waals surface area contributed by atoms with E-state index in [1.54, 1.807) is 34.6 Å². The molecule has 0 aliphatic rings. The van der Waals surface area contributed by atoms with Crippen molar-refractivity contribution in [3.05, 3.63) is 60.7 Å². The van der Waals surface area contributed by atoms with Gasteiger partial charge in [-0.1, -0.05) is 88.4 Å². The summed E-state index contributed by atoms with van der Waals surface area (Å²) in [4.78, 5) is 40.8. The van der Waals surface area contributed by atoms with Crippen molar-refractivity contribution in [1.82, 2.24) is 9.80 Å². The van der Waals surface area contributed by atoms with E-state index in [1.165, 1.54) is 23.9 Å². The van der Waals surface area contributed by atoms with Gasteiger partial charge >= 0.3 is 12.1 Å². The molecule has 0 spiro atoms. The molecule has 0 heterocycles. The highest BCUT2D eigenvalue weighted by Gasteiger charge is 2.51. The highest BCUT2D eigenvalue weighted by molar-refractivity contribution is 6.99. The Hall–Kier alpha value is -3.17. The fourth-order valence-corrected chi connectivity index (χ4v) is 9.66. The van der Waals surface area contributed by atoms with Crippen molar-refractivity contribution in [2.24, 2.45) is 5.92 Å². The first-order valence-corrected chi connectivity index (χ1v) is 15.5. The van der Waals surface area contributed by atoms with E-state index in [9.17, 15) is 19.5 Å². The highest BCUT2D eigenvalue weighted by Crippen LogP contribution is 2.37. The molecule has 8 nitrogen and oxygen atoms in total. The first-order chi connectivity index (χ1) is 18.4. The summed E-state index contributed by atoms with van der Waals surface area (Å²) in [5, 5.41) is 12.1. The van der Waals surface area contributed by atoms with Crippen LogP contribution in [0.1, 0.15) is 55.4 Å². The Morgan fingerprint density at radius 2 is 1.27 bits per heavy atom. The molecule has 0 aliphatic carbocycles. The molecule has 0 bridgehead atoms. The lowest BCUT2D eigenvalue weighted by Gasteiger charge is -2.44. The number of ether oxygens (including phenoxy) is 1. The number of likely N-dealkylation sites (N-methyl/N-ethyl adjacent to an activating group) is 2. The van der Waals surface area contributed by atoms with Crippen molar-refractivity contribution >= 4 is 36.7 Å². The van der Waals surface area contributed by atoms with Crippen LogP contribution in [0.3, 0.4) is 0 Å². The number of nitrogens with zero attached hydrogens (tertiary/aromatic N) is 2. The molecule has 0 saturated carbocycles. The number of carbonyl (C=O) groups is 3. The standard InChI is InChI=1S/C31H46N2O6Si/c1-22(26(28(35)36)33(10)27(34)23(2)32(9)29(37)39-30(3,4)5)21-38-40(31(6,7)8,24-17-13-11-14-18-24)25-19-15-12-16-20-25/h11-20,22-23,26H,21H2,1-10H3,(H,35,36)/t22-,23-,26+/m1/s1. The molecular formula is C31H46N2O6Si. The van der Waals surface area contributed by atoms with Gasteiger partial charge in [-0.3, -0.25) is 9.69 Å². The highest BCUT2D eigenvalue weighted by atomic mass is 28.4. The molecule has 40 heavy (non-hydrogen) atoms. The fourth-order valence-electron chi connectivity index (χ4n) is 4.99. The zero-order chi connectivity index (χ0) is 30.5. The minimum Gasteiger partial charge on any atom is -0.480 e. The van der Waals surface area contributed by atoms with Crippen LogP contribution in [0.5, 0.6) is 0 Å². The Morgan fingerprint density at radius 1 is 0.825 bits per heavy atom. The fraction of sp³-hybridized carbons (Fsp3) is 0.516. The minimum atomic E-state index is -2.90. The molecule has 1 N–H and O–H groups in total. The number of rotatable bonds is 10. The largest absolute Gasteiger partial charge is 0.480 e. The summed E-state index contributed by atoms with van der Waals surface area (Å²) in [6.07, 6.45) is -0.656. The van der Waals surface area contributed by atoms with E-state index in [1.807, 2.05) is 36.4 Å². The zero-order valence-electron chi connectivity index (χ0n) is 25.6. The molecule has 0 fully saturated rings. The number of carbonyl (C=O) groups excluding carboxylic acids is 2. The third kappa shape index (κ3) is 7.51. The maximum absolute atomic E-state index is 13.4. The zero-order valence-corrected chi connectivity index (χ0v) is 26.6. The van der Waals surface area contributed by atoms with E-state index < -0.39 is 49.9 Å². The number of amides is 2. The van der Waals surface area contributed by atoms with E-state index >= 15 is 0 Å². The second-order valence-electron chi connectivity index (χ2n) is 12.5. The maximum atomic E-state index is 13.4. The van der Waals surface area contributed by atoms with Crippen LogP contribution in [0.4, 0.5) is 4.79 Å². The van der Waals surface area contributed by atoms with E-state index in [4.69, 9.17) is 9.16 Å². The molecule has 2 rings (SSSR count). The van der Waals surface area contributed by atoms with Crippen LogP contribution in [0.15, 0.2) is 60.7 Å². The molecule has 0 saturated heterocycles. The molecule has 0 unspecified atom stereocenters. The molecule has 2 aromatic rings. The van der Waals surface area contributed by atoms with Crippen LogP contribution in [-0.2, 0) is 18.8 Å². The summed E-state index contributed by atoms with van der Waals surface area (Å²) in [5.41, 5.74) is -0.726. The maximum Gasteiger partial charge on any atom is 0.410 e. The Labute approximate surface area is 240 Å². The Morgan fingerprint density at radius 3 is 1.65 bits per heavy atom. The van der Waals surface area contributed by atoms with Gasteiger partial charge < -0.3 is 19.2 Å². The average molecular weight is 571 g/mol. The van der Waals surface area contributed by atoms with Crippen molar-refractivity contribution in [2.75, 3.05) is 20.7 Å². The van der Waals surface area contributed by atoms with Crippen LogP contribution in [0.2, 0.25) is 5.04 Å². The van der Waals surface area contributed by atoms with Crippen molar-refractivity contribution in [3.63, 3.8) is 0 Å². The predicted octanol–water partition coefficient (Wildman–Crippen LogP) is 4.37. The molecule has 2 amide bonds. The minimum absolute atomic E-state index is 0.123. The van der Waals surface area contributed by atoms with Gasteiger partial charge in [-0.15, -0.1) is 0 Å². The topological polar surface area (TPSA) is 96.4 Å². The number of hydrogen-bond acceptors (Lipinski definition) is 5. The first-order valence-electron chi connectivity index (χ1n) is 13.6. The Kier molecular flexibility index (Phi) is 10.7. The quantitative estimate of drug-likeness (QED) is 0.427. The van der Waals surface area contributed by atoms with E-state index in [-0.39, 0.29) is 11.6 Å². The molecule has 220 valence electrons. The van der Waals surface area contributed by atoms with Gasteiger partial charge in [0.1, 0.15) is 17.7 Å². The van der Waals surface area contributed by atoms with Crippen LogP contribution < -0.4 is 10.4 Å². The summed E-state index contributed by atoms with van der Waals surface area (Å²) in [6, 6.07) is 18.1. The van der Waals surface area contributed by atoms with Crippen LogP contribution in [-0.4, -0.2) is 79.6 Å². The Bertz CT molecular complexity index is 1100. The van der Waals surface area contributed by atoms with Crippen molar-refractivity contribution < 1.29 is 28.7 Å². The number of carboxylic acid groups (broad SMARTS) is 1. The van der Waals surface area contributed by atoms with E-state index in [0.717, 1.165) is 10.4 Å². The summed E-state index contributed by atoms with van der Waals surface area (Å²) in [7, 11) is 0.0283. The third-order valence-electron chi connectivity index (χ3n) is 7.16. The van der Waals surface area contributed by atoms with Gasteiger partial charge in [0, 0.05) is 26.6 Å². The summed E-state index contributed by atoms with van der Waals surface area (Å²) in [5.74, 6) is -2.19. The van der Waals surface area contributed by atoms with Crippen LogP contribution >= 0.6 is 0 Å². The van der Waals surface area contributed by atoms with Crippen molar-refractivity contribution in [1.29, 1.82) is 0 Å². The second kappa shape index (κ2) is 13.0. The lowest BCUT2D eigenvalue weighted by molar-refractivity contribution is -0.153. The number of benzene rings is 2. The summed E-state index contributed by atoms with van der Waals surface area (Å²) < 4.78 is 12.3. The van der Waals surface area contributed by atoms with Gasteiger partial charge in [0.05, 0.1) is 0 Å². The van der Waals surface area contributed by atoms with E-state index in [0.29, 0.717) is 0 Å². The lowest BCUT2D eigenvalue weighted by Crippen LogP contribution is -2.67. The van der Waals surface area contributed by atoms with Gasteiger partial charge in [-0.05, 0) is 43.1 Å². The van der Waals surface area contributed by atoms with Gasteiger partial charge in [0.2, 0.25) is 5.91 Å². The van der Waals surface area contributed by atoms with E-state index in [2.05, 4.69) is 45.0 Å². The summed E-state index contributed by atoms with van der Waals surface area (Å²) >= 11 is 0. The molecule has 2 aromatic carbocycles. The average Bonchev–Trinajstić information content (AvgIpc) is 2.87. The second-order valence-corrected chi connectivity index (χ2v) is 16.8. The molecule has 9 heteroatoms. The van der Waals surface area contributed by atoms with Crippen molar-refractivity contribution in [2.45, 2.75) is 78.1 Å². The molecule has 0 aromatic heterocycles. The van der Waals surface area contributed by atoms with Gasteiger partial charge in [-0.2, -0.15) is 0 Å². The predicted molar refractivity (Wildman–Crippen MR) is 160 cm³/mol. The van der Waals surface area contributed by atoms with Crippen molar-refractivity contribution in [3.8, 4) is 0 Å². The number of aliphatic carboxylic acids is 1. The molecular weight excluding hydrogens is 524 g/mol. The lowest BCUT2D eigenvalue weighted by atomic mass is 10.0. The molecule has 0 radical (unpaired) electrons. The Balaban J connectivity index is 2.38. The van der Waals surface area contributed by atoms with Gasteiger partial charge in [-0.25, -0.2) is 9.59 Å². The number of carboxylic acids is 1. The SMILES string of the molecule is C[C@H](CO[Si](c1ccccc1)(c1ccccc1)C(C)(C)C)[C@@H](C(=O)O)N(C)C(=O)[C@@H](C)N(C)C(=O)OC(C)(C)C. The smallest absolute Gasteiger partial charge is 0.410 e. The monoisotopic (exact) mass is 570 g/mol. The molecule has 0 aliphatic heterocycles. The summed E-state index contributed by atoms with van der Waals surface area (Å²) in [6.45, 7) is 15.2. The third-order valence-corrected chi connectivity index (χ3v) is 12.2.